The number of fused-ring (bicyclic) bond motifs is 1. The van der Waals surface area contributed by atoms with Crippen LogP contribution in [-0.4, -0.2) is 79.6 Å². The quantitative estimate of drug-likeness (QED) is 0.334. The zero-order chi connectivity index (χ0) is 19.8. The van der Waals surface area contributed by atoms with Gasteiger partial charge in [0, 0.05) is 25.1 Å². The number of rotatable bonds is 9. The molecule has 0 radical (unpaired) electrons. The van der Waals surface area contributed by atoms with Gasteiger partial charge in [-0.3, -0.25) is 19.9 Å². The fourth-order valence-electron chi connectivity index (χ4n) is 2.54. The van der Waals surface area contributed by atoms with Crippen LogP contribution in [0.25, 0.3) is 0 Å². The second-order valence-electron chi connectivity index (χ2n) is 5.95. The van der Waals surface area contributed by atoms with Crippen LogP contribution in [0, 0.1) is 5.92 Å². The molecule has 0 bridgehead atoms. The minimum Gasteiger partial charge on any atom is -0.465 e. The number of esters is 1. The predicted molar refractivity (Wildman–Crippen MR) is 98.4 cm³/mol. The summed E-state index contributed by atoms with van der Waals surface area (Å²) in [5, 5.41) is 2.43. The molecule has 0 aromatic carbocycles. The fraction of sp³-hybridized carbons (Fsp3) is 0.667. The lowest BCUT2D eigenvalue weighted by Crippen LogP contribution is -2.54. The van der Waals surface area contributed by atoms with Crippen molar-refractivity contribution in [3.8, 4) is 0 Å². The van der Waals surface area contributed by atoms with E-state index in [1.807, 2.05) is 0 Å². The second kappa shape index (κ2) is 10.00. The molecule has 0 aromatic heterocycles. The molecule has 0 spiro atoms. The number of nitrogens with two attached hydrogens (primary N) is 1. The Morgan fingerprint density at radius 1 is 1.37 bits per heavy atom. The molecule has 3 atom stereocenters. The number of aliphatic imine (C=N–C) groups is 2. The number of carbonyl (C=O) groups excluding carboxylic acids is 3. The van der Waals surface area contributed by atoms with Gasteiger partial charge in [-0.2, -0.15) is 12.6 Å². The van der Waals surface area contributed by atoms with Crippen molar-refractivity contribution >= 4 is 43.0 Å². The largest absolute Gasteiger partial charge is 0.508 e. The molecule has 2 heterocycles. The molecule has 27 heavy (non-hydrogen) atoms. The molecular weight excluding hydrogens is 378 g/mol. The standard InChI is InChI=1S/C15H23N5O6S/c1-9(21)25-6-10(7-26-15(23)24-4-5-27)2-3-20-8-17-11-12(20)18-14(16)19-13(11)22/h8,10-12,27H,2-7H2,1H3,(H3,16,18,19,22). The smallest absolute Gasteiger partial charge is 0.465 e. The molecule has 3 unspecified atom stereocenters. The molecule has 11 nitrogen and oxygen atoms in total. The Hall–Kier alpha value is -2.50. The topological polar surface area (TPSA) is 145 Å². The monoisotopic (exact) mass is 401 g/mol. The molecule has 12 heteroatoms. The Morgan fingerprint density at radius 3 is 2.81 bits per heavy atom. The Kier molecular flexibility index (Phi) is 7.70. The molecule has 0 aliphatic carbocycles. The van der Waals surface area contributed by atoms with Crippen molar-refractivity contribution in [1.29, 1.82) is 0 Å². The highest BCUT2D eigenvalue weighted by Gasteiger charge is 2.39. The van der Waals surface area contributed by atoms with E-state index in [9.17, 15) is 14.4 Å². The van der Waals surface area contributed by atoms with Gasteiger partial charge in [-0.25, -0.2) is 9.79 Å². The van der Waals surface area contributed by atoms with Crippen molar-refractivity contribution in [1.82, 2.24) is 10.2 Å². The van der Waals surface area contributed by atoms with Gasteiger partial charge in [-0.15, -0.1) is 0 Å². The Bertz CT molecular complexity index is 628. The highest BCUT2D eigenvalue weighted by Crippen LogP contribution is 2.19. The second-order valence-corrected chi connectivity index (χ2v) is 6.40. The first-order valence-electron chi connectivity index (χ1n) is 8.37. The van der Waals surface area contributed by atoms with Gasteiger partial charge in [0.2, 0.25) is 0 Å². The van der Waals surface area contributed by atoms with Crippen LogP contribution < -0.4 is 11.1 Å². The van der Waals surface area contributed by atoms with Gasteiger partial charge in [-0.1, -0.05) is 0 Å². The summed E-state index contributed by atoms with van der Waals surface area (Å²) in [6, 6.07) is -0.642. The molecule has 2 aliphatic rings. The molecule has 3 N–H and O–H groups in total. The zero-order valence-electron chi connectivity index (χ0n) is 14.9. The van der Waals surface area contributed by atoms with Gasteiger partial charge >= 0.3 is 12.1 Å². The molecule has 2 rings (SSSR count). The molecule has 1 amide bonds. The molecule has 2 aliphatic heterocycles. The van der Waals surface area contributed by atoms with E-state index in [0.717, 1.165) is 0 Å². The van der Waals surface area contributed by atoms with E-state index in [1.54, 1.807) is 11.2 Å². The predicted octanol–water partition coefficient (Wildman–Crippen LogP) is -0.878. The maximum atomic E-state index is 11.9. The number of nitrogens with one attached hydrogen (secondary N) is 1. The summed E-state index contributed by atoms with van der Waals surface area (Å²) in [6.45, 7) is 2.00. The van der Waals surface area contributed by atoms with Crippen LogP contribution in [0.3, 0.4) is 0 Å². The van der Waals surface area contributed by atoms with Gasteiger partial charge in [0.15, 0.2) is 18.2 Å². The SMILES string of the molecule is CC(=O)OCC(CCN1C=NC2C(=O)NC(N)=NC21)COC(=O)OCCS. The number of guanidine groups is 1. The lowest BCUT2D eigenvalue weighted by molar-refractivity contribution is -0.142. The summed E-state index contributed by atoms with van der Waals surface area (Å²) in [4.78, 5) is 44.5. The number of ether oxygens (including phenoxy) is 3. The van der Waals surface area contributed by atoms with Crippen LogP contribution in [0.5, 0.6) is 0 Å². The number of carbonyl (C=O) groups is 3. The van der Waals surface area contributed by atoms with E-state index < -0.39 is 24.3 Å². The normalized spacial score (nSPS) is 21.8. The number of amides is 1. The fourth-order valence-corrected chi connectivity index (χ4v) is 2.63. The highest BCUT2D eigenvalue weighted by molar-refractivity contribution is 7.80. The number of hydrogen-bond acceptors (Lipinski definition) is 11. The van der Waals surface area contributed by atoms with Crippen LogP contribution in [0.4, 0.5) is 4.79 Å². The maximum Gasteiger partial charge on any atom is 0.508 e. The third kappa shape index (κ3) is 6.31. The first-order chi connectivity index (χ1) is 12.9. The van der Waals surface area contributed by atoms with Crippen molar-refractivity contribution in [2.24, 2.45) is 21.6 Å². The van der Waals surface area contributed by atoms with Gasteiger partial charge in [0.05, 0.1) is 12.9 Å². The lowest BCUT2D eigenvalue weighted by atomic mass is 10.1. The van der Waals surface area contributed by atoms with Crippen LogP contribution in [0.2, 0.25) is 0 Å². The first-order valence-corrected chi connectivity index (χ1v) is 9.01. The van der Waals surface area contributed by atoms with Crippen LogP contribution >= 0.6 is 12.6 Å². The van der Waals surface area contributed by atoms with Crippen LogP contribution in [0.1, 0.15) is 13.3 Å². The minimum atomic E-state index is -0.805. The summed E-state index contributed by atoms with van der Waals surface area (Å²) in [5.41, 5.74) is 5.60. The van der Waals surface area contributed by atoms with Crippen molar-refractivity contribution in [3.63, 3.8) is 0 Å². The van der Waals surface area contributed by atoms with Gasteiger partial charge in [0.1, 0.15) is 13.2 Å². The Balaban J connectivity index is 1.88. The summed E-state index contributed by atoms with van der Waals surface area (Å²) in [5.74, 6) is -0.563. The molecule has 150 valence electrons. The summed E-state index contributed by atoms with van der Waals surface area (Å²) < 4.78 is 14.9. The minimum absolute atomic E-state index is 0.0175. The van der Waals surface area contributed by atoms with E-state index in [2.05, 4.69) is 27.9 Å². The third-order valence-corrected chi connectivity index (χ3v) is 4.04. The zero-order valence-corrected chi connectivity index (χ0v) is 15.8. The average molecular weight is 401 g/mol. The maximum absolute atomic E-state index is 11.9. The molecule has 0 aromatic rings. The lowest BCUT2D eigenvalue weighted by Gasteiger charge is -2.28. The van der Waals surface area contributed by atoms with Crippen molar-refractivity contribution in [2.75, 3.05) is 32.1 Å². The molecule has 0 saturated heterocycles. The number of nitrogens with zero attached hydrogens (tertiary/aromatic N) is 3. The van der Waals surface area contributed by atoms with E-state index in [1.165, 1.54) is 6.92 Å². The Labute approximate surface area is 161 Å². The number of hydrogen-bond donors (Lipinski definition) is 3. The van der Waals surface area contributed by atoms with Crippen LogP contribution in [0.15, 0.2) is 9.98 Å². The average Bonchev–Trinajstić information content (AvgIpc) is 3.02. The first kappa shape index (κ1) is 20.8. The highest BCUT2D eigenvalue weighted by atomic mass is 32.1. The summed E-state index contributed by atoms with van der Waals surface area (Å²) >= 11 is 3.94. The third-order valence-electron chi connectivity index (χ3n) is 3.85. The molecule has 0 fully saturated rings. The van der Waals surface area contributed by atoms with Crippen molar-refractivity contribution < 1.29 is 28.6 Å². The van der Waals surface area contributed by atoms with Gasteiger partial charge in [-0.05, 0) is 6.42 Å². The molecular formula is C15H23N5O6S. The van der Waals surface area contributed by atoms with E-state index >= 15 is 0 Å². The molecule has 0 saturated carbocycles. The van der Waals surface area contributed by atoms with E-state index in [4.69, 9.17) is 19.9 Å². The Morgan fingerprint density at radius 2 is 2.11 bits per heavy atom. The van der Waals surface area contributed by atoms with Gasteiger partial charge < -0.3 is 24.8 Å². The summed E-state index contributed by atoms with van der Waals surface area (Å²) in [7, 11) is 0. The van der Waals surface area contributed by atoms with Crippen molar-refractivity contribution in [2.45, 2.75) is 25.6 Å². The number of thiol groups is 1. The van der Waals surface area contributed by atoms with Gasteiger partial charge in [0.25, 0.3) is 5.91 Å². The summed E-state index contributed by atoms with van der Waals surface area (Å²) in [6.07, 6.45) is 0.733. The van der Waals surface area contributed by atoms with E-state index in [-0.39, 0.29) is 37.6 Å². The van der Waals surface area contributed by atoms with Crippen LogP contribution in [-0.2, 0) is 23.8 Å². The van der Waals surface area contributed by atoms with Crippen molar-refractivity contribution in [3.05, 3.63) is 0 Å². The van der Waals surface area contributed by atoms with E-state index in [0.29, 0.717) is 18.7 Å².